The van der Waals surface area contributed by atoms with Crippen molar-refractivity contribution in [2.45, 2.75) is 57.3 Å². The van der Waals surface area contributed by atoms with Crippen LogP contribution in [-0.4, -0.2) is 37.2 Å². The number of sulfone groups is 1. The number of ether oxygens (including phenoxy) is 1. The van der Waals surface area contributed by atoms with Crippen LogP contribution in [-0.2, 0) is 14.6 Å². The van der Waals surface area contributed by atoms with Crippen LogP contribution in [0.5, 0.6) is 5.75 Å². The fourth-order valence-corrected chi connectivity index (χ4v) is 6.92. The molecule has 2 aliphatic rings. The van der Waals surface area contributed by atoms with Gasteiger partial charge in [-0.1, -0.05) is 67.8 Å². The maximum atomic E-state index is 12.4. The Hall–Kier alpha value is -2.11. The number of phenolic OH excluding ortho intramolecular Hbond substituents is 1. The minimum atomic E-state index is -3.08. The fraction of sp³-hybridized carbons (Fsp3) is 0.440. The van der Waals surface area contributed by atoms with Crippen molar-refractivity contribution in [2.75, 3.05) is 12.4 Å². The van der Waals surface area contributed by atoms with Crippen LogP contribution in [0.2, 0.25) is 0 Å². The molecule has 4 rings (SSSR count). The number of hydrogen-bond donors (Lipinski definition) is 1. The minimum Gasteiger partial charge on any atom is -0.507 e. The van der Waals surface area contributed by atoms with E-state index in [1.54, 1.807) is 6.07 Å². The number of fused-ring (bicyclic) bond motifs is 2. The predicted molar refractivity (Wildman–Crippen MR) is 122 cm³/mol. The van der Waals surface area contributed by atoms with Gasteiger partial charge in [-0.15, -0.1) is 0 Å². The lowest BCUT2D eigenvalue weighted by molar-refractivity contribution is 0.117. The second kappa shape index (κ2) is 8.56. The van der Waals surface area contributed by atoms with Gasteiger partial charge in [0, 0.05) is 5.39 Å². The first-order chi connectivity index (χ1) is 14.4. The first kappa shape index (κ1) is 21.1. The van der Waals surface area contributed by atoms with Gasteiger partial charge in [-0.3, -0.25) is 0 Å². The average Bonchev–Trinajstić information content (AvgIpc) is 3.28. The lowest BCUT2D eigenvalue weighted by Crippen LogP contribution is -2.19. The van der Waals surface area contributed by atoms with E-state index in [0.29, 0.717) is 12.4 Å². The summed E-state index contributed by atoms with van der Waals surface area (Å²) < 4.78 is 30.8. The number of allylic oxidation sites excluding steroid dienone is 1. The predicted octanol–water partition coefficient (Wildman–Crippen LogP) is 5.41. The maximum Gasteiger partial charge on any atom is 0.163 e. The van der Waals surface area contributed by atoms with E-state index in [2.05, 4.69) is 13.0 Å². The van der Waals surface area contributed by atoms with Gasteiger partial charge in [-0.05, 0) is 48.3 Å². The minimum absolute atomic E-state index is 0.0842. The Kier molecular flexibility index (Phi) is 6.03. The summed E-state index contributed by atoms with van der Waals surface area (Å²) in [6, 6.07) is 11.6. The van der Waals surface area contributed by atoms with Crippen molar-refractivity contribution in [2.24, 2.45) is 0 Å². The maximum absolute atomic E-state index is 12.4. The summed E-state index contributed by atoms with van der Waals surface area (Å²) >= 11 is 0. The molecular weight excluding hydrogens is 396 g/mol. The van der Waals surface area contributed by atoms with Crippen molar-refractivity contribution in [3.8, 4) is 5.75 Å². The highest BCUT2D eigenvalue weighted by Crippen LogP contribution is 2.40. The van der Waals surface area contributed by atoms with Gasteiger partial charge in [0.05, 0.1) is 18.5 Å². The number of rotatable bonds is 7. The van der Waals surface area contributed by atoms with Crippen LogP contribution in [0.25, 0.3) is 16.8 Å². The second-order valence-corrected chi connectivity index (χ2v) is 10.5. The highest BCUT2D eigenvalue weighted by Gasteiger charge is 2.46. The number of phenols is 1. The van der Waals surface area contributed by atoms with Gasteiger partial charge in [0.2, 0.25) is 0 Å². The van der Waals surface area contributed by atoms with Gasteiger partial charge in [0.1, 0.15) is 11.0 Å². The van der Waals surface area contributed by atoms with E-state index in [4.69, 9.17) is 4.74 Å². The molecule has 0 spiro atoms. The van der Waals surface area contributed by atoms with Crippen LogP contribution in [0, 0.1) is 0 Å². The Morgan fingerprint density at radius 3 is 2.63 bits per heavy atom. The molecule has 1 saturated heterocycles. The normalized spacial score (nSPS) is 23.3. The van der Waals surface area contributed by atoms with E-state index < -0.39 is 15.1 Å². The Balaban J connectivity index is 1.58. The monoisotopic (exact) mass is 426 g/mol. The number of benzene rings is 2. The van der Waals surface area contributed by atoms with Crippen LogP contribution in [0.15, 0.2) is 53.1 Å². The van der Waals surface area contributed by atoms with Crippen molar-refractivity contribution in [3.63, 3.8) is 0 Å². The smallest absolute Gasteiger partial charge is 0.163 e. The molecule has 0 unspecified atom stereocenters. The van der Waals surface area contributed by atoms with Gasteiger partial charge >= 0.3 is 0 Å². The van der Waals surface area contributed by atoms with Gasteiger partial charge in [-0.25, -0.2) is 8.42 Å². The number of aromatic hydroxyl groups is 1. The second-order valence-electron chi connectivity index (χ2n) is 8.34. The molecule has 2 atom stereocenters. The molecule has 160 valence electrons. The largest absolute Gasteiger partial charge is 0.507 e. The molecule has 2 aliphatic heterocycles. The van der Waals surface area contributed by atoms with E-state index in [-0.39, 0.29) is 11.9 Å². The Morgan fingerprint density at radius 1 is 1.13 bits per heavy atom. The molecule has 2 heterocycles. The third-order valence-electron chi connectivity index (χ3n) is 6.38. The third kappa shape index (κ3) is 3.93. The molecular formula is C25H30O4S. The van der Waals surface area contributed by atoms with Gasteiger partial charge < -0.3 is 9.84 Å². The van der Waals surface area contributed by atoms with E-state index in [9.17, 15) is 13.5 Å². The van der Waals surface area contributed by atoms with E-state index in [0.717, 1.165) is 59.6 Å². The van der Waals surface area contributed by atoms with Gasteiger partial charge in [-0.2, -0.15) is 0 Å². The molecule has 0 aromatic heterocycles. The SMILES string of the molecule is CCC/C(=C\c1ccc(O)c2ccccc12)CC[C@H]1OC[C@H]2C1=C(CC)CS2(=O)=O. The lowest BCUT2D eigenvalue weighted by Gasteiger charge is -2.15. The Bertz CT molecular complexity index is 1110. The summed E-state index contributed by atoms with van der Waals surface area (Å²) in [6.45, 7) is 4.52. The summed E-state index contributed by atoms with van der Waals surface area (Å²) in [5, 5.41) is 11.6. The van der Waals surface area contributed by atoms with Crippen molar-refractivity contribution >= 4 is 26.7 Å². The molecule has 2 aromatic carbocycles. The zero-order chi connectivity index (χ0) is 21.3. The quantitative estimate of drug-likeness (QED) is 0.601. The zero-order valence-electron chi connectivity index (χ0n) is 17.7. The first-order valence-corrected chi connectivity index (χ1v) is 12.6. The summed E-state index contributed by atoms with van der Waals surface area (Å²) in [5.74, 6) is 0.507. The van der Waals surface area contributed by atoms with Crippen LogP contribution < -0.4 is 0 Å². The first-order valence-electron chi connectivity index (χ1n) is 10.9. The molecule has 5 heteroatoms. The summed E-state index contributed by atoms with van der Waals surface area (Å²) in [6.07, 6.45) is 6.66. The van der Waals surface area contributed by atoms with Crippen molar-refractivity contribution in [3.05, 3.63) is 58.7 Å². The topological polar surface area (TPSA) is 63.6 Å². The molecule has 0 aliphatic carbocycles. The van der Waals surface area contributed by atoms with Crippen LogP contribution in [0.1, 0.15) is 51.5 Å². The lowest BCUT2D eigenvalue weighted by atomic mass is 9.93. The molecule has 1 fully saturated rings. The molecule has 0 amide bonds. The summed E-state index contributed by atoms with van der Waals surface area (Å²) in [5.41, 5.74) is 4.55. The molecule has 4 nitrogen and oxygen atoms in total. The molecule has 30 heavy (non-hydrogen) atoms. The van der Waals surface area contributed by atoms with E-state index in [1.807, 2.05) is 37.3 Å². The molecule has 1 N–H and O–H groups in total. The summed E-state index contributed by atoms with van der Waals surface area (Å²) in [4.78, 5) is 0. The van der Waals surface area contributed by atoms with Crippen molar-refractivity contribution in [1.82, 2.24) is 0 Å². The average molecular weight is 427 g/mol. The molecule has 0 saturated carbocycles. The fourth-order valence-electron chi connectivity index (χ4n) is 4.87. The zero-order valence-corrected chi connectivity index (χ0v) is 18.5. The molecule has 0 radical (unpaired) electrons. The Morgan fingerprint density at radius 2 is 1.90 bits per heavy atom. The van der Waals surface area contributed by atoms with Crippen LogP contribution in [0.4, 0.5) is 0 Å². The van der Waals surface area contributed by atoms with Gasteiger partial charge in [0.15, 0.2) is 9.84 Å². The highest BCUT2D eigenvalue weighted by atomic mass is 32.2. The van der Waals surface area contributed by atoms with Gasteiger partial charge in [0.25, 0.3) is 0 Å². The van der Waals surface area contributed by atoms with E-state index in [1.165, 1.54) is 5.57 Å². The van der Waals surface area contributed by atoms with Crippen molar-refractivity contribution < 1.29 is 18.3 Å². The standard InChI is InChI=1S/C25H30O4S/c1-3-7-17(14-19-11-12-22(26)21-9-6-5-8-20(19)21)10-13-23-25-18(4-2)16-30(27,28)24(25)15-29-23/h5-6,8-9,11-12,14,23-24,26H,3-4,7,10,13,15-16H2,1-2H3/b17-14+/t23-,24+/m1/s1. The van der Waals surface area contributed by atoms with Crippen molar-refractivity contribution in [1.29, 1.82) is 0 Å². The Labute approximate surface area is 179 Å². The van der Waals surface area contributed by atoms with Crippen LogP contribution in [0.3, 0.4) is 0 Å². The molecule has 0 bridgehead atoms. The number of hydrogen-bond acceptors (Lipinski definition) is 4. The summed E-state index contributed by atoms with van der Waals surface area (Å²) in [7, 11) is -3.08. The highest BCUT2D eigenvalue weighted by molar-refractivity contribution is 7.92. The third-order valence-corrected chi connectivity index (χ3v) is 8.39. The molecule has 2 aromatic rings. The van der Waals surface area contributed by atoms with E-state index >= 15 is 0 Å². The van der Waals surface area contributed by atoms with Crippen LogP contribution >= 0.6 is 0 Å².